The maximum absolute atomic E-state index is 13.2. The molecule has 1 aromatic rings. The maximum Gasteiger partial charge on any atom is 0.123 e. The minimum Gasteiger partial charge on any atom is -0.374 e. The van der Waals surface area contributed by atoms with Gasteiger partial charge in [0.25, 0.3) is 0 Å². The van der Waals surface area contributed by atoms with Gasteiger partial charge in [-0.1, -0.05) is 15.9 Å². The molecule has 1 aromatic carbocycles. The lowest BCUT2D eigenvalue weighted by molar-refractivity contribution is 0.373. The molecule has 1 atom stereocenters. The Balaban J connectivity index is 2.51. The predicted molar refractivity (Wildman–Crippen MR) is 60.6 cm³/mol. The molecule has 0 bridgehead atoms. The van der Waals surface area contributed by atoms with Gasteiger partial charge in [0.15, 0.2) is 0 Å². The Hall–Kier alpha value is -0.570. The topological polar surface area (TPSA) is 3.24 Å². The fourth-order valence-corrected chi connectivity index (χ4v) is 2.59. The normalized spacial score (nSPS) is 17.0. The number of hydrogen-bond donors (Lipinski definition) is 0. The molecular formula is C11H13BrFN. The third-order valence-electron chi connectivity index (χ3n) is 2.75. The molecule has 3 heteroatoms. The van der Waals surface area contributed by atoms with E-state index >= 15 is 0 Å². The lowest BCUT2D eigenvalue weighted by Crippen LogP contribution is -2.12. The Bertz CT molecular complexity index is 362. The molecule has 1 heterocycles. The highest BCUT2D eigenvalue weighted by atomic mass is 79.9. The Kier molecular flexibility index (Phi) is 2.52. The Morgan fingerprint density at radius 3 is 2.86 bits per heavy atom. The highest BCUT2D eigenvalue weighted by Gasteiger charge is 2.19. The first-order valence-electron chi connectivity index (χ1n) is 4.77. The molecule has 76 valence electrons. The molecule has 1 nitrogen and oxygen atoms in total. The van der Waals surface area contributed by atoms with Crippen LogP contribution in [-0.2, 0) is 6.42 Å². The number of anilines is 1. The Morgan fingerprint density at radius 2 is 2.21 bits per heavy atom. The van der Waals surface area contributed by atoms with Crippen molar-refractivity contribution >= 4 is 21.6 Å². The molecule has 0 amide bonds. The van der Waals surface area contributed by atoms with Crippen molar-refractivity contribution in [3.8, 4) is 0 Å². The van der Waals surface area contributed by atoms with Gasteiger partial charge in [0.1, 0.15) is 6.17 Å². The zero-order valence-corrected chi connectivity index (χ0v) is 9.94. The van der Waals surface area contributed by atoms with Crippen molar-refractivity contribution in [3.05, 3.63) is 27.7 Å². The number of benzene rings is 1. The molecule has 0 aliphatic carbocycles. The van der Waals surface area contributed by atoms with Crippen LogP contribution in [0.5, 0.6) is 0 Å². The number of rotatable bonds is 1. The van der Waals surface area contributed by atoms with E-state index in [0.717, 1.165) is 23.0 Å². The van der Waals surface area contributed by atoms with Gasteiger partial charge in [0, 0.05) is 29.3 Å². The second-order valence-electron chi connectivity index (χ2n) is 3.79. The summed E-state index contributed by atoms with van der Waals surface area (Å²) in [5, 5.41) is 0. The van der Waals surface area contributed by atoms with E-state index in [0.29, 0.717) is 0 Å². The zero-order valence-electron chi connectivity index (χ0n) is 8.35. The van der Waals surface area contributed by atoms with Gasteiger partial charge < -0.3 is 4.90 Å². The molecule has 0 spiro atoms. The SMILES string of the molecule is CC(F)c1cc2c(cc1Br)CCN2C. The molecule has 0 saturated heterocycles. The molecule has 0 saturated carbocycles. The maximum atomic E-state index is 13.2. The standard InChI is InChI=1S/C11H13BrFN/c1-7(13)9-6-11-8(5-10(9)12)3-4-14(11)2/h5-7H,3-4H2,1-2H3. The van der Waals surface area contributed by atoms with Crippen LogP contribution in [0, 0.1) is 0 Å². The van der Waals surface area contributed by atoms with E-state index in [1.165, 1.54) is 11.3 Å². The van der Waals surface area contributed by atoms with E-state index in [2.05, 4.69) is 20.8 Å². The van der Waals surface area contributed by atoms with Gasteiger partial charge in [-0.15, -0.1) is 0 Å². The average Bonchev–Trinajstić information content (AvgIpc) is 2.46. The first kappa shape index (κ1) is 9.97. The van der Waals surface area contributed by atoms with Gasteiger partial charge in [-0.05, 0) is 31.0 Å². The second kappa shape index (κ2) is 3.54. The van der Waals surface area contributed by atoms with Gasteiger partial charge in [-0.25, -0.2) is 4.39 Å². The van der Waals surface area contributed by atoms with Crippen LogP contribution in [0.1, 0.15) is 24.2 Å². The molecule has 0 radical (unpaired) electrons. The molecule has 0 fully saturated rings. The summed E-state index contributed by atoms with van der Waals surface area (Å²) in [4.78, 5) is 2.17. The summed E-state index contributed by atoms with van der Waals surface area (Å²) in [6, 6.07) is 4.00. The molecule has 2 rings (SSSR count). The summed E-state index contributed by atoms with van der Waals surface area (Å²) >= 11 is 3.41. The number of halogens is 2. The van der Waals surface area contributed by atoms with Gasteiger partial charge in [0.2, 0.25) is 0 Å². The highest BCUT2D eigenvalue weighted by Crippen LogP contribution is 2.35. The molecule has 1 aliphatic heterocycles. The van der Waals surface area contributed by atoms with Crippen molar-refractivity contribution in [1.29, 1.82) is 0 Å². The molecule has 0 N–H and O–H groups in total. The summed E-state index contributed by atoms with van der Waals surface area (Å²) in [6.45, 7) is 2.60. The Labute approximate surface area is 92.0 Å². The third-order valence-corrected chi connectivity index (χ3v) is 3.44. The van der Waals surface area contributed by atoms with Crippen molar-refractivity contribution in [2.24, 2.45) is 0 Å². The fraction of sp³-hybridized carbons (Fsp3) is 0.455. The molecule has 1 aliphatic rings. The highest BCUT2D eigenvalue weighted by molar-refractivity contribution is 9.10. The summed E-state index contributed by atoms with van der Waals surface area (Å²) in [5.41, 5.74) is 3.23. The van der Waals surface area contributed by atoms with E-state index < -0.39 is 6.17 Å². The van der Waals surface area contributed by atoms with E-state index in [4.69, 9.17) is 0 Å². The number of likely N-dealkylation sites (N-methyl/N-ethyl adjacent to an activating group) is 1. The minimum absolute atomic E-state index is 0.748. The van der Waals surface area contributed by atoms with Crippen LogP contribution in [0.4, 0.5) is 10.1 Å². The number of alkyl halides is 1. The van der Waals surface area contributed by atoms with E-state index in [-0.39, 0.29) is 0 Å². The fourth-order valence-electron chi connectivity index (χ4n) is 1.89. The summed E-state index contributed by atoms with van der Waals surface area (Å²) in [5.74, 6) is 0. The van der Waals surface area contributed by atoms with E-state index in [9.17, 15) is 4.39 Å². The molecule has 0 aromatic heterocycles. The lowest BCUT2D eigenvalue weighted by Gasteiger charge is -2.14. The summed E-state index contributed by atoms with van der Waals surface area (Å²) in [7, 11) is 2.05. The minimum atomic E-state index is -0.913. The van der Waals surface area contributed by atoms with Gasteiger partial charge >= 0.3 is 0 Å². The van der Waals surface area contributed by atoms with E-state index in [1.54, 1.807) is 6.92 Å². The Morgan fingerprint density at radius 1 is 1.50 bits per heavy atom. The van der Waals surface area contributed by atoms with Crippen LogP contribution in [0.2, 0.25) is 0 Å². The van der Waals surface area contributed by atoms with Crippen molar-refractivity contribution in [3.63, 3.8) is 0 Å². The van der Waals surface area contributed by atoms with Crippen molar-refractivity contribution < 1.29 is 4.39 Å². The first-order valence-corrected chi connectivity index (χ1v) is 5.56. The van der Waals surface area contributed by atoms with Crippen LogP contribution in [0.25, 0.3) is 0 Å². The molecule has 14 heavy (non-hydrogen) atoms. The number of nitrogens with zero attached hydrogens (tertiary/aromatic N) is 1. The first-order chi connectivity index (χ1) is 6.59. The number of fused-ring (bicyclic) bond motifs is 1. The van der Waals surface area contributed by atoms with E-state index in [1.807, 2.05) is 19.2 Å². The van der Waals surface area contributed by atoms with Crippen molar-refractivity contribution in [2.75, 3.05) is 18.5 Å². The van der Waals surface area contributed by atoms with Gasteiger partial charge in [-0.3, -0.25) is 0 Å². The average molecular weight is 258 g/mol. The second-order valence-corrected chi connectivity index (χ2v) is 4.64. The largest absolute Gasteiger partial charge is 0.374 e. The lowest BCUT2D eigenvalue weighted by atomic mass is 10.1. The zero-order chi connectivity index (χ0) is 10.3. The van der Waals surface area contributed by atoms with Crippen LogP contribution in [-0.4, -0.2) is 13.6 Å². The third kappa shape index (κ3) is 1.54. The van der Waals surface area contributed by atoms with Crippen LogP contribution < -0.4 is 4.90 Å². The van der Waals surface area contributed by atoms with Crippen molar-refractivity contribution in [2.45, 2.75) is 19.5 Å². The summed E-state index contributed by atoms with van der Waals surface area (Å²) < 4.78 is 14.1. The quantitative estimate of drug-likeness (QED) is 0.745. The van der Waals surface area contributed by atoms with Crippen LogP contribution in [0.15, 0.2) is 16.6 Å². The predicted octanol–water partition coefficient (Wildman–Crippen LogP) is 3.47. The van der Waals surface area contributed by atoms with Gasteiger partial charge in [-0.2, -0.15) is 0 Å². The van der Waals surface area contributed by atoms with Gasteiger partial charge in [0.05, 0.1) is 0 Å². The number of hydrogen-bond acceptors (Lipinski definition) is 1. The molecule has 1 unspecified atom stereocenters. The smallest absolute Gasteiger partial charge is 0.123 e. The molecular weight excluding hydrogens is 245 g/mol. The summed E-state index contributed by atoms with van der Waals surface area (Å²) in [6.07, 6.45) is 0.148. The van der Waals surface area contributed by atoms with Crippen LogP contribution in [0.3, 0.4) is 0 Å². The monoisotopic (exact) mass is 257 g/mol. The van der Waals surface area contributed by atoms with Crippen molar-refractivity contribution in [1.82, 2.24) is 0 Å². The van der Waals surface area contributed by atoms with Crippen LogP contribution >= 0.6 is 15.9 Å².